The summed E-state index contributed by atoms with van der Waals surface area (Å²) in [5.74, 6) is 5.00. The third kappa shape index (κ3) is 4.04. The van der Waals surface area contributed by atoms with Crippen LogP contribution in [-0.4, -0.2) is 41.9 Å². The van der Waals surface area contributed by atoms with Crippen molar-refractivity contribution in [2.24, 2.45) is 0 Å². The number of halogens is 1. The fraction of sp³-hybridized carbons (Fsp3) is 0.500. The van der Waals surface area contributed by atoms with E-state index >= 15 is 0 Å². The summed E-state index contributed by atoms with van der Waals surface area (Å²) in [6, 6.07) is 5.12. The number of aliphatic hydroxyl groups excluding tert-OH is 1. The molecule has 2 rings (SSSR count). The van der Waals surface area contributed by atoms with E-state index in [1.165, 1.54) is 12.1 Å². The molecule has 1 N–H and O–H groups in total. The lowest BCUT2D eigenvalue weighted by Gasteiger charge is -2.36. The molecule has 1 saturated heterocycles. The van der Waals surface area contributed by atoms with Crippen LogP contribution in [0.15, 0.2) is 18.2 Å². The highest BCUT2D eigenvalue weighted by atomic mass is 19.1. The second kappa shape index (κ2) is 6.85. The maximum absolute atomic E-state index is 13.6. The van der Waals surface area contributed by atoms with Gasteiger partial charge in [-0.3, -0.25) is 4.90 Å². The first-order valence-corrected chi connectivity index (χ1v) is 6.83. The minimum absolute atomic E-state index is 0.202. The lowest BCUT2D eigenvalue weighted by atomic mass is 10.1. The Labute approximate surface area is 119 Å². The molecule has 0 amide bonds. The Morgan fingerprint density at radius 2 is 2.20 bits per heavy atom. The van der Waals surface area contributed by atoms with Crippen LogP contribution in [0.25, 0.3) is 0 Å². The molecule has 1 fully saturated rings. The largest absolute Gasteiger partial charge is 0.384 e. The molecule has 20 heavy (non-hydrogen) atoms. The number of aliphatic hydroxyl groups is 1. The maximum Gasteiger partial charge on any atom is 0.124 e. The van der Waals surface area contributed by atoms with E-state index in [2.05, 4.69) is 23.7 Å². The maximum atomic E-state index is 13.6. The molecule has 1 aromatic carbocycles. The minimum atomic E-state index is -0.293. The molecule has 0 bridgehead atoms. The molecule has 3 nitrogen and oxygen atoms in total. The van der Waals surface area contributed by atoms with E-state index in [0.717, 1.165) is 12.1 Å². The Balaban J connectivity index is 2.14. The van der Waals surface area contributed by atoms with Crippen molar-refractivity contribution < 1.29 is 14.2 Å². The summed E-state index contributed by atoms with van der Waals surface area (Å²) in [5, 5.41) is 8.70. The molecule has 2 unspecified atom stereocenters. The Hall–Kier alpha value is -1.41. The first-order chi connectivity index (χ1) is 9.58. The van der Waals surface area contributed by atoms with Crippen molar-refractivity contribution in [3.8, 4) is 11.8 Å². The predicted molar refractivity (Wildman–Crippen MR) is 75.6 cm³/mol. The van der Waals surface area contributed by atoms with Gasteiger partial charge in [0.2, 0.25) is 0 Å². The van der Waals surface area contributed by atoms with Gasteiger partial charge in [0.25, 0.3) is 0 Å². The number of rotatable bonds is 2. The van der Waals surface area contributed by atoms with Crippen LogP contribution in [0.5, 0.6) is 0 Å². The molecule has 108 valence electrons. The first kappa shape index (κ1) is 15.0. The van der Waals surface area contributed by atoms with Crippen LogP contribution in [0, 0.1) is 17.7 Å². The van der Waals surface area contributed by atoms with Gasteiger partial charge in [0.05, 0.1) is 12.7 Å². The summed E-state index contributed by atoms with van der Waals surface area (Å²) in [4.78, 5) is 2.28. The molecule has 0 spiro atoms. The molecule has 2 atom stereocenters. The monoisotopic (exact) mass is 277 g/mol. The van der Waals surface area contributed by atoms with E-state index < -0.39 is 0 Å². The van der Waals surface area contributed by atoms with Crippen LogP contribution in [0.2, 0.25) is 0 Å². The lowest BCUT2D eigenvalue weighted by Crippen LogP contribution is -2.46. The number of benzene rings is 1. The van der Waals surface area contributed by atoms with Crippen molar-refractivity contribution in [1.29, 1.82) is 0 Å². The Morgan fingerprint density at radius 3 is 2.95 bits per heavy atom. The summed E-state index contributed by atoms with van der Waals surface area (Å²) in [7, 11) is 0. The summed E-state index contributed by atoms with van der Waals surface area (Å²) in [6.07, 6.45) is 0.202. The number of hydrogen-bond acceptors (Lipinski definition) is 3. The molecular weight excluding hydrogens is 257 g/mol. The van der Waals surface area contributed by atoms with Gasteiger partial charge in [0.1, 0.15) is 12.4 Å². The molecule has 1 heterocycles. The van der Waals surface area contributed by atoms with Crippen molar-refractivity contribution in [2.75, 3.05) is 19.8 Å². The van der Waals surface area contributed by atoms with E-state index in [-0.39, 0.29) is 18.5 Å². The molecule has 0 saturated carbocycles. The van der Waals surface area contributed by atoms with Gasteiger partial charge in [-0.2, -0.15) is 0 Å². The van der Waals surface area contributed by atoms with Gasteiger partial charge >= 0.3 is 0 Å². The third-order valence-electron chi connectivity index (χ3n) is 3.39. The smallest absolute Gasteiger partial charge is 0.124 e. The molecule has 4 heteroatoms. The van der Waals surface area contributed by atoms with Crippen molar-refractivity contribution in [1.82, 2.24) is 4.90 Å². The summed E-state index contributed by atoms with van der Waals surface area (Å²) >= 11 is 0. The van der Waals surface area contributed by atoms with Crippen molar-refractivity contribution in [3.63, 3.8) is 0 Å². The number of nitrogens with zero attached hydrogens (tertiary/aromatic N) is 1. The SMILES string of the molecule is CC1CN(Cc2cc(F)cc(C#CCO)c2)C(C)CO1. The van der Waals surface area contributed by atoms with Crippen LogP contribution >= 0.6 is 0 Å². The van der Waals surface area contributed by atoms with Crippen LogP contribution in [0.4, 0.5) is 4.39 Å². The minimum Gasteiger partial charge on any atom is -0.384 e. The van der Waals surface area contributed by atoms with Crippen molar-refractivity contribution >= 4 is 0 Å². The van der Waals surface area contributed by atoms with Gasteiger partial charge in [-0.25, -0.2) is 4.39 Å². The standard InChI is InChI=1S/C16H20FNO2/c1-12-11-20-13(2)9-18(12)10-15-6-14(4-3-5-19)7-16(17)8-15/h6-8,12-13,19H,5,9-11H2,1-2H3. The summed E-state index contributed by atoms with van der Waals surface area (Å²) in [5.41, 5.74) is 1.50. The fourth-order valence-corrected chi connectivity index (χ4v) is 2.38. The molecule has 0 aromatic heterocycles. The van der Waals surface area contributed by atoms with Gasteiger partial charge in [-0.05, 0) is 37.6 Å². The normalized spacial score (nSPS) is 23.2. The van der Waals surface area contributed by atoms with Crippen LogP contribution in [0.1, 0.15) is 25.0 Å². The van der Waals surface area contributed by atoms with Crippen LogP contribution in [-0.2, 0) is 11.3 Å². The molecule has 1 aliphatic heterocycles. The summed E-state index contributed by atoms with van der Waals surface area (Å²) < 4.78 is 19.2. The second-order valence-electron chi connectivity index (χ2n) is 5.23. The van der Waals surface area contributed by atoms with Gasteiger partial charge < -0.3 is 9.84 Å². The number of hydrogen-bond donors (Lipinski definition) is 1. The average molecular weight is 277 g/mol. The number of morpholine rings is 1. The zero-order valence-electron chi connectivity index (χ0n) is 11.9. The molecule has 1 aliphatic rings. The first-order valence-electron chi connectivity index (χ1n) is 6.83. The van der Waals surface area contributed by atoms with Crippen LogP contribution < -0.4 is 0 Å². The second-order valence-corrected chi connectivity index (χ2v) is 5.23. The molecule has 0 radical (unpaired) electrons. The topological polar surface area (TPSA) is 32.7 Å². The number of ether oxygens (including phenoxy) is 1. The Bertz CT molecular complexity index is 521. The van der Waals surface area contributed by atoms with Gasteiger partial charge in [0.15, 0.2) is 0 Å². The Kier molecular flexibility index (Phi) is 5.13. The van der Waals surface area contributed by atoms with Crippen LogP contribution in [0.3, 0.4) is 0 Å². The van der Waals surface area contributed by atoms with Gasteiger partial charge in [0, 0.05) is 24.7 Å². The molecule has 1 aromatic rings. The van der Waals surface area contributed by atoms with E-state index in [0.29, 0.717) is 24.8 Å². The third-order valence-corrected chi connectivity index (χ3v) is 3.39. The van der Waals surface area contributed by atoms with Gasteiger partial charge in [-0.1, -0.05) is 11.8 Å². The Morgan fingerprint density at radius 1 is 1.40 bits per heavy atom. The zero-order valence-corrected chi connectivity index (χ0v) is 11.9. The highest BCUT2D eigenvalue weighted by Gasteiger charge is 2.23. The van der Waals surface area contributed by atoms with E-state index in [1.807, 2.05) is 13.0 Å². The molecule has 0 aliphatic carbocycles. The predicted octanol–water partition coefficient (Wildman–Crippen LogP) is 1.78. The van der Waals surface area contributed by atoms with E-state index in [9.17, 15) is 4.39 Å². The highest BCUT2D eigenvalue weighted by molar-refractivity contribution is 5.37. The van der Waals surface area contributed by atoms with E-state index in [1.54, 1.807) is 0 Å². The zero-order chi connectivity index (χ0) is 14.5. The highest BCUT2D eigenvalue weighted by Crippen LogP contribution is 2.17. The lowest BCUT2D eigenvalue weighted by molar-refractivity contribution is -0.0526. The quantitative estimate of drug-likeness (QED) is 0.836. The average Bonchev–Trinajstić information content (AvgIpc) is 2.40. The van der Waals surface area contributed by atoms with Crippen molar-refractivity contribution in [2.45, 2.75) is 32.5 Å². The summed E-state index contributed by atoms with van der Waals surface area (Å²) in [6.45, 7) is 6.16. The van der Waals surface area contributed by atoms with Gasteiger partial charge in [-0.15, -0.1) is 0 Å². The van der Waals surface area contributed by atoms with E-state index in [4.69, 9.17) is 9.84 Å². The molecular formula is C16H20FNO2. The fourth-order valence-electron chi connectivity index (χ4n) is 2.38. The van der Waals surface area contributed by atoms with Crippen molar-refractivity contribution in [3.05, 3.63) is 35.1 Å².